The van der Waals surface area contributed by atoms with E-state index in [4.69, 9.17) is 0 Å². The highest BCUT2D eigenvalue weighted by molar-refractivity contribution is 5.83. The van der Waals surface area contributed by atoms with Gasteiger partial charge < -0.3 is 0 Å². The molecule has 0 aliphatic heterocycles. The summed E-state index contributed by atoms with van der Waals surface area (Å²) in [5.41, 5.74) is 16.2. The third-order valence-corrected chi connectivity index (χ3v) is 5.99. The molecule has 0 fully saturated rings. The Hall–Kier alpha value is -3.12. The van der Waals surface area contributed by atoms with E-state index in [1.54, 1.807) is 0 Å². The van der Waals surface area contributed by atoms with E-state index >= 15 is 0 Å². The lowest BCUT2D eigenvalue weighted by molar-refractivity contribution is 1.26. The minimum absolute atomic E-state index is 1.02. The lowest BCUT2D eigenvalue weighted by Gasteiger charge is -2.09. The van der Waals surface area contributed by atoms with Crippen LogP contribution in [0.5, 0.6) is 0 Å². The van der Waals surface area contributed by atoms with Crippen LogP contribution in [0.15, 0.2) is 72.8 Å². The number of benzene rings is 4. The highest BCUT2D eigenvalue weighted by Crippen LogP contribution is 2.40. The van der Waals surface area contributed by atoms with Crippen LogP contribution in [-0.2, 0) is 6.42 Å². The van der Waals surface area contributed by atoms with Crippen LogP contribution in [0.3, 0.4) is 0 Å². The first-order chi connectivity index (χ1) is 14.0. The zero-order valence-electron chi connectivity index (χ0n) is 17.6. The predicted molar refractivity (Wildman–Crippen MR) is 125 cm³/mol. The van der Waals surface area contributed by atoms with Crippen molar-refractivity contribution in [1.82, 2.24) is 0 Å². The fourth-order valence-corrected chi connectivity index (χ4v) is 4.85. The molecule has 1 aliphatic carbocycles. The smallest absolute Gasteiger partial charge is 0.00130 e. The minimum atomic E-state index is 1.02. The Labute approximate surface area is 173 Å². The fourth-order valence-electron chi connectivity index (χ4n) is 4.85. The van der Waals surface area contributed by atoms with Gasteiger partial charge in [0.1, 0.15) is 0 Å². The van der Waals surface area contributed by atoms with Crippen LogP contribution in [-0.4, -0.2) is 0 Å². The molecule has 0 saturated heterocycles. The second kappa shape index (κ2) is 6.74. The topological polar surface area (TPSA) is 0 Å². The molecule has 0 aromatic heterocycles. The molecule has 4 aromatic rings. The van der Waals surface area contributed by atoms with Crippen LogP contribution >= 0.6 is 0 Å². The predicted octanol–water partition coefficient (Wildman–Crippen LogP) is 7.83. The van der Waals surface area contributed by atoms with Gasteiger partial charge in [-0.25, -0.2) is 0 Å². The van der Waals surface area contributed by atoms with Crippen molar-refractivity contribution in [3.8, 4) is 33.4 Å². The molecule has 0 unspecified atom stereocenters. The lowest BCUT2D eigenvalue weighted by atomic mass is 9.96. The maximum Gasteiger partial charge on any atom is -0.00130 e. The van der Waals surface area contributed by atoms with Gasteiger partial charge in [-0.3, -0.25) is 0 Å². The molecule has 0 heterocycles. The standard InChI is InChI=1S/C29H26/c1-18-9-19(2)12-24(11-18)22-5-7-28-26(15-22)17-27-16-23(6-8-29(27)28)25-13-20(3)10-21(4)14-25/h5-16H,17H2,1-4H3. The molecule has 0 nitrogen and oxygen atoms in total. The van der Waals surface area contributed by atoms with Gasteiger partial charge in [-0.15, -0.1) is 0 Å². The molecule has 142 valence electrons. The van der Waals surface area contributed by atoms with Crippen molar-refractivity contribution in [2.24, 2.45) is 0 Å². The molecular formula is C29H26. The molecule has 0 heteroatoms. The first kappa shape index (κ1) is 17.9. The van der Waals surface area contributed by atoms with E-state index < -0.39 is 0 Å². The largest absolute Gasteiger partial charge is 0.0563 e. The molecule has 0 saturated carbocycles. The highest BCUT2D eigenvalue weighted by atomic mass is 14.2. The maximum atomic E-state index is 2.39. The highest BCUT2D eigenvalue weighted by Gasteiger charge is 2.19. The summed E-state index contributed by atoms with van der Waals surface area (Å²) in [6, 6.07) is 27.6. The maximum absolute atomic E-state index is 2.39. The minimum Gasteiger partial charge on any atom is -0.0563 e. The first-order valence-corrected chi connectivity index (χ1v) is 10.4. The number of fused-ring (bicyclic) bond motifs is 3. The van der Waals surface area contributed by atoms with Gasteiger partial charge in [0, 0.05) is 0 Å². The van der Waals surface area contributed by atoms with E-state index in [-0.39, 0.29) is 0 Å². The van der Waals surface area contributed by atoms with E-state index in [1.165, 1.54) is 66.8 Å². The van der Waals surface area contributed by atoms with Gasteiger partial charge in [0.15, 0.2) is 0 Å². The number of hydrogen-bond donors (Lipinski definition) is 0. The quantitative estimate of drug-likeness (QED) is 0.295. The third-order valence-electron chi connectivity index (χ3n) is 5.99. The van der Waals surface area contributed by atoms with E-state index in [1.807, 2.05) is 0 Å². The molecule has 0 bridgehead atoms. The molecule has 0 radical (unpaired) electrons. The van der Waals surface area contributed by atoms with Crippen molar-refractivity contribution in [3.63, 3.8) is 0 Å². The monoisotopic (exact) mass is 374 g/mol. The molecule has 0 atom stereocenters. The van der Waals surface area contributed by atoms with Gasteiger partial charge in [0.25, 0.3) is 0 Å². The van der Waals surface area contributed by atoms with Crippen LogP contribution in [0.25, 0.3) is 33.4 Å². The Balaban J connectivity index is 1.53. The summed E-state index contributed by atoms with van der Waals surface area (Å²) in [7, 11) is 0. The lowest BCUT2D eigenvalue weighted by Crippen LogP contribution is -1.86. The fraction of sp³-hybridized carbons (Fsp3) is 0.172. The van der Waals surface area contributed by atoms with Gasteiger partial charge in [0.05, 0.1) is 0 Å². The van der Waals surface area contributed by atoms with Crippen LogP contribution in [0.2, 0.25) is 0 Å². The van der Waals surface area contributed by atoms with Crippen LogP contribution in [0.4, 0.5) is 0 Å². The average Bonchev–Trinajstić information content (AvgIpc) is 3.03. The Morgan fingerprint density at radius 2 is 0.793 bits per heavy atom. The normalized spacial score (nSPS) is 12.0. The van der Waals surface area contributed by atoms with Gasteiger partial charge in [-0.1, -0.05) is 95.1 Å². The Morgan fingerprint density at radius 1 is 0.414 bits per heavy atom. The Kier molecular flexibility index (Phi) is 4.17. The molecule has 0 spiro atoms. The van der Waals surface area contributed by atoms with E-state index in [9.17, 15) is 0 Å². The molecule has 0 N–H and O–H groups in total. The van der Waals surface area contributed by atoms with Gasteiger partial charge in [-0.05, 0) is 78.6 Å². The molecule has 5 rings (SSSR count). The number of hydrogen-bond acceptors (Lipinski definition) is 0. The summed E-state index contributed by atoms with van der Waals surface area (Å²) in [5, 5.41) is 0. The second-order valence-electron chi connectivity index (χ2n) is 8.67. The second-order valence-corrected chi connectivity index (χ2v) is 8.67. The van der Waals surface area contributed by atoms with Crippen molar-refractivity contribution < 1.29 is 0 Å². The Bertz CT molecular complexity index is 1120. The summed E-state index contributed by atoms with van der Waals surface area (Å²) in [6.45, 7) is 8.70. The van der Waals surface area contributed by atoms with Crippen molar-refractivity contribution in [2.45, 2.75) is 34.1 Å². The van der Waals surface area contributed by atoms with E-state index in [0.29, 0.717) is 0 Å². The Morgan fingerprint density at radius 3 is 1.17 bits per heavy atom. The van der Waals surface area contributed by atoms with E-state index in [0.717, 1.165) is 6.42 Å². The van der Waals surface area contributed by atoms with Crippen molar-refractivity contribution in [1.29, 1.82) is 0 Å². The van der Waals surface area contributed by atoms with Crippen molar-refractivity contribution >= 4 is 0 Å². The van der Waals surface area contributed by atoms with Gasteiger partial charge in [0.2, 0.25) is 0 Å². The van der Waals surface area contributed by atoms with Crippen LogP contribution in [0, 0.1) is 27.7 Å². The number of aryl methyl sites for hydroxylation is 4. The van der Waals surface area contributed by atoms with Crippen molar-refractivity contribution in [3.05, 3.63) is 106 Å². The first-order valence-electron chi connectivity index (χ1n) is 10.4. The molecular weight excluding hydrogens is 348 g/mol. The third kappa shape index (κ3) is 3.29. The number of rotatable bonds is 2. The SMILES string of the molecule is Cc1cc(C)cc(-c2ccc3c(c2)Cc2cc(-c4cc(C)cc(C)c4)ccc2-3)c1. The molecule has 4 aromatic carbocycles. The average molecular weight is 375 g/mol. The molecule has 29 heavy (non-hydrogen) atoms. The summed E-state index contributed by atoms with van der Waals surface area (Å²) in [5.74, 6) is 0. The zero-order chi connectivity index (χ0) is 20.1. The van der Waals surface area contributed by atoms with Crippen molar-refractivity contribution in [2.75, 3.05) is 0 Å². The molecule has 1 aliphatic rings. The van der Waals surface area contributed by atoms with Gasteiger partial charge in [-0.2, -0.15) is 0 Å². The van der Waals surface area contributed by atoms with E-state index in [2.05, 4.69) is 100 Å². The summed E-state index contributed by atoms with van der Waals surface area (Å²) >= 11 is 0. The summed E-state index contributed by atoms with van der Waals surface area (Å²) in [4.78, 5) is 0. The van der Waals surface area contributed by atoms with Crippen LogP contribution < -0.4 is 0 Å². The van der Waals surface area contributed by atoms with Gasteiger partial charge >= 0.3 is 0 Å². The summed E-state index contributed by atoms with van der Waals surface area (Å²) < 4.78 is 0. The van der Waals surface area contributed by atoms with Crippen LogP contribution in [0.1, 0.15) is 33.4 Å². The summed E-state index contributed by atoms with van der Waals surface area (Å²) in [6.07, 6.45) is 1.02. The zero-order valence-corrected chi connectivity index (χ0v) is 17.6. The molecule has 0 amide bonds.